The third kappa shape index (κ3) is 7.43. The fourth-order valence-electron chi connectivity index (χ4n) is 1.18. The maximum atomic E-state index is 3.96. The zero-order valence-corrected chi connectivity index (χ0v) is 9.81. The fourth-order valence-corrected chi connectivity index (χ4v) is 1.18. The molecule has 0 amide bonds. The van der Waals surface area contributed by atoms with E-state index in [2.05, 4.69) is 14.1 Å². The van der Waals surface area contributed by atoms with Gasteiger partial charge < -0.3 is 11.9 Å². The predicted molar refractivity (Wildman–Crippen MR) is 47.7 cm³/mol. The number of hydrogen-bond acceptors (Lipinski definition) is 0. The van der Waals surface area contributed by atoms with E-state index in [1.54, 1.807) is 0 Å². The first-order valence-electron chi connectivity index (χ1n) is 3.26. The summed E-state index contributed by atoms with van der Waals surface area (Å²) in [7, 11) is 7.91. The van der Waals surface area contributed by atoms with Crippen LogP contribution in [0.2, 0.25) is 0 Å². The molecule has 1 aliphatic heterocycles. The molecule has 67 valence electrons. The van der Waals surface area contributed by atoms with Crippen LogP contribution in [-0.4, -0.2) is 17.6 Å². The minimum absolute atomic E-state index is 0. The van der Waals surface area contributed by atoms with Gasteiger partial charge >= 0.3 is 0 Å². The zero-order chi connectivity index (χ0) is 6.04. The minimum atomic E-state index is 0. The van der Waals surface area contributed by atoms with Gasteiger partial charge in [0.05, 0.1) is 0 Å². The Hall–Kier alpha value is 1.06. The van der Waals surface area contributed by atoms with Crippen LogP contribution < -0.4 is 0 Å². The van der Waals surface area contributed by atoms with Crippen molar-refractivity contribution < 1.29 is 37.2 Å². The quantitative estimate of drug-likeness (QED) is 0.445. The molecule has 0 aromatic carbocycles. The Morgan fingerprint density at radius 1 is 0.909 bits per heavy atom. The second kappa shape index (κ2) is 7.70. The molecule has 0 N–H and O–H groups in total. The largest absolute Gasteiger partial charge is 0.595 e. The molecule has 1 saturated heterocycles. The molecule has 0 aromatic rings. The predicted octanol–water partition coefficient (Wildman–Crippen LogP) is 2.65. The van der Waals surface area contributed by atoms with Crippen LogP contribution in [0.1, 0.15) is 26.7 Å². The van der Waals surface area contributed by atoms with Crippen molar-refractivity contribution in [1.29, 1.82) is 0 Å². The Bertz CT molecular complexity index is 73.6. The number of likely N-dealkylation sites (tertiary alicyclic amines) is 1. The first-order chi connectivity index (χ1) is 3.71. The molecule has 0 aliphatic carbocycles. The number of rotatable bonds is 0. The molecule has 0 aromatic heterocycles. The summed E-state index contributed by atoms with van der Waals surface area (Å²) < 4.78 is 0.750. The first-order valence-corrected chi connectivity index (χ1v) is 3.26. The summed E-state index contributed by atoms with van der Waals surface area (Å²) in [6.45, 7) is 2.33. The second-order valence-electron chi connectivity index (χ2n) is 2.85. The molecular weight excluding hydrogens is 211 g/mol. The number of quaternary nitrogens is 1. The van der Waals surface area contributed by atoms with Crippen LogP contribution in [0.3, 0.4) is 0 Å². The van der Waals surface area contributed by atoms with Crippen molar-refractivity contribution in [1.82, 2.24) is 0 Å². The Morgan fingerprint density at radius 3 is 1.45 bits per heavy atom. The molecule has 0 saturated carbocycles. The van der Waals surface area contributed by atoms with Gasteiger partial charge in [0.2, 0.25) is 0 Å². The monoisotopic (exact) mass is 232 g/mol. The third-order valence-electron chi connectivity index (χ3n) is 1.76. The van der Waals surface area contributed by atoms with E-state index in [4.69, 9.17) is 0 Å². The zero-order valence-electron chi connectivity index (χ0n) is 6.97. The SMILES string of the molecule is C.[CH2-][N+]1([CH2-])CCCCC1.[CH3-].[Y]. The van der Waals surface area contributed by atoms with Gasteiger partial charge in [-0.05, 0) is 19.3 Å². The van der Waals surface area contributed by atoms with Gasteiger partial charge in [0.25, 0.3) is 0 Å². The third-order valence-corrected chi connectivity index (χ3v) is 1.76. The number of piperidine rings is 1. The molecule has 0 atom stereocenters. The molecule has 1 nitrogen and oxygen atoms in total. The van der Waals surface area contributed by atoms with Crippen LogP contribution in [0.25, 0.3) is 0 Å². The van der Waals surface area contributed by atoms with Gasteiger partial charge in [0.1, 0.15) is 0 Å². The topological polar surface area (TPSA) is 0 Å². The van der Waals surface area contributed by atoms with Crippen molar-refractivity contribution >= 4 is 0 Å². The molecule has 0 bridgehead atoms. The van der Waals surface area contributed by atoms with E-state index < -0.39 is 0 Å². The summed E-state index contributed by atoms with van der Waals surface area (Å²) in [5, 5.41) is 0. The van der Waals surface area contributed by atoms with Gasteiger partial charge in [-0.1, -0.05) is 7.43 Å². The van der Waals surface area contributed by atoms with Gasteiger partial charge in [0, 0.05) is 45.8 Å². The van der Waals surface area contributed by atoms with E-state index in [-0.39, 0.29) is 47.6 Å². The summed E-state index contributed by atoms with van der Waals surface area (Å²) in [4.78, 5) is 0. The molecule has 1 heterocycles. The molecule has 1 fully saturated rings. The minimum Gasteiger partial charge on any atom is -0.595 e. The maximum Gasteiger partial charge on any atom is 0.0311 e. The molecular formula is C9H21NY-2. The van der Waals surface area contributed by atoms with Crippen LogP contribution in [-0.2, 0) is 32.7 Å². The average Bonchev–Trinajstić information content (AvgIpc) is 1.65. The van der Waals surface area contributed by atoms with Crippen molar-refractivity contribution in [2.75, 3.05) is 13.1 Å². The standard InChI is InChI=1S/C7H14N.CH4.CH3.Y/c1-8(2)6-4-3-5-7-8;;;/h1-7H2;1H4;1H3;/q-1;;-1;. The average molecular weight is 232 g/mol. The van der Waals surface area contributed by atoms with Gasteiger partial charge in [-0.3, -0.25) is 0 Å². The summed E-state index contributed by atoms with van der Waals surface area (Å²) in [6, 6.07) is 0. The summed E-state index contributed by atoms with van der Waals surface area (Å²) in [5.41, 5.74) is 0. The van der Waals surface area contributed by atoms with Gasteiger partial charge in [-0.2, -0.15) is 14.1 Å². The number of hydrogen-bond donors (Lipinski definition) is 0. The fraction of sp³-hybridized carbons (Fsp3) is 0.667. The normalized spacial score (nSPS) is 20.2. The Labute approximate surface area is 98.0 Å². The molecule has 1 rings (SSSR count). The van der Waals surface area contributed by atoms with E-state index in [9.17, 15) is 0 Å². The van der Waals surface area contributed by atoms with Crippen LogP contribution in [0.15, 0.2) is 0 Å². The van der Waals surface area contributed by atoms with E-state index in [0.717, 1.165) is 4.48 Å². The van der Waals surface area contributed by atoms with Crippen LogP contribution >= 0.6 is 0 Å². The van der Waals surface area contributed by atoms with Crippen LogP contribution in [0.4, 0.5) is 0 Å². The Balaban J connectivity index is -0.000000213. The molecule has 1 aliphatic rings. The van der Waals surface area contributed by atoms with Crippen molar-refractivity contribution in [2.24, 2.45) is 0 Å². The molecule has 1 radical (unpaired) electrons. The summed E-state index contributed by atoms with van der Waals surface area (Å²) >= 11 is 0. The van der Waals surface area contributed by atoms with E-state index in [1.165, 1.54) is 32.4 Å². The van der Waals surface area contributed by atoms with Gasteiger partial charge in [-0.15, -0.1) is 0 Å². The van der Waals surface area contributed by atoms with Gasteiger partial charge in [-0.25, -0.2) is 0 Å². The van der Waals surface area contributed by atoms with Crippen molar-refractivity contribution in [2.45, 2.75) is 26.7 Å². The van der Waals surface area contributed by atoms with Gasteiger partial charge in [0.15, 0.2) is 0 Å². The molecule has 11 heavy (non-hydrogen) atoms. The molecule has 2 heteroatoms. The molecule has 0 spiro atoms. The molecule has 0 unspecified atom stereocenters. The number of nitrogens with zero attached hydrogens (tertiary/aromatic N) is 1. The summed E-state index contributed by atoms with van der Waals surface area (Å²) in [5.74, 6) is 0. The van der Waals surface area contributed by atoms with E-state index >= 15 is 0 Å². The maximum absolute atomic E-state index is 3.96. The van der Waals surface area contributed by atoms with E-state index in [0.29, 0.717) is 0 Å². The van der Waals surface area contributed by atoms with Crippen molar-refractivity contribution in [3.8, 4) is 0 Å². The van der Waals surface area contributed by atoms with Crippen molar-refractivity contribution in [3.63, 3.8) is 0 Å². The Kier molecular flexibility index (Phi) is 12.6. The van der Waals surface area contributed by atoms with Crippen LogP contribution in [0.5, 0.6) is 0 Å². The first kappa shape index (κ1) is 18.0. The smallest absolute Gasteiger partial charge is 0.0311 e. The van der Waals surface area contributed by atoms with Crippen molar-refractivity contribution in [3.05, 3.63) is 21.5 Å². The Morgan fingerprint density at radius 2 is 1.27 bits per heavy atom. The summed E-state index contributed by atoms with van der Waals surface area (Å²) in [6.07, 6.45) is 4.00. The van der Waals surface area contributed by atoms with E-state index in [1.807, 2.05) is 0 Å². The van der Waals surface area contributed by atoms with Crippen LogP contribution in [0, 0.1) is 21.5 Å². The second-order valence-corrected chi connectivity index (χ2v) is 2.85.